The van der Waals surface area contributed by atoms with Gasteiger partial charge >= 0.3 is 5.97 Å². The maximum absolute atomic E-state index is 12.3. The van der Waals surface area contributed by atoms with Crippen LogP contribution in [0, 0.1) is 0 Å². The normalized spacial score (nSPS) is 13.7. The molecule has 2 N–H and O–H groups in total. The van der Waals surface area contributed by atoms with Crippen LogP contribution < -0.4 is 10.2 Å². The molecule has 1 saturated heterocycles. The molecule has 134 valence electrons. The molecular weight excluding hydrogens is 332 g/mol. The minimum absolute atomic E-state index is 0.0154. The molecule has 0 aliphatic carbocycles. The number of hydrogen-bond acceptors (Lipinski definition) is 3. The molecule has 6 heteroatoms. The van der Waals surface area contributed by atoms with E-state index < -0.39 is 5.97 Å². The molecule has 26 heavy (non-hydrogen) atoms. The fraction of sp³-hybridized carbons (Fsp3) is 0.250. The van der Waals surface area contributed by atoms with Gasteiger partial charge in [-0.2, -0.15) is 0 Å². The maximum atomic E-state index is 12.3. The van der Waals surface area contributed by atoms with Gasteiger partial charge in [-0.05, 0) is 41.8 Å². The Bertz CT molecular complexity index is 813. The van der Waals surface area contributed by atoms with Crippen molar-refractivity contribution >= 4 is 23.5 Å². The molecule has 3 rings (SSSR count). The minimum Gasteiger partial charge on any atom is -0.481 e. The third-order valence-corrected chi connectivity index (χ3v) is 4.35. The Kier molecular flexibility index (Phi) is 5.31. The first-order chi connectivity index (χ1) is 12.5. The lowest BCUT2D eigenvalue weighted by atomic mass is 10.1. The SMILES string of the molecule is O=C(O)Cc1ccc(CNC(=O)c2ccc(N3CCCC3=O)cc2)cc1. The van der Waals surface area contributed by atoms with Gasteiger partial charge in [0.25, 0.3) is 5.91 Å². The molecule has 0 spiro atoms. The lowest BCUT2D eigenvalue weighted by molar-refractivity contribution is -0.136. The van der Waals surface area contributed by atoms with Crippen LogP contribution in [-0.4, -0.2) is 29.4 Å². The van der Waals surface area contributed by atoms with Crippen molar-refractivity contribution in [1.82, 2.24) is 5.32 Å². The van der Waals surface area contributed by atoms with Gasteiger partial charge < -0.3 is 15.3 Å². The van der Waals surface area contributed by atoms with Gasteiger partial charge in [-0.25, -0.2) is 0 Å². The fourth-order valence-electron chi connectivity index (χ4n) is 2.95. The van der Waals surface area contributed by atoms with Crippen LogP contribution >= 0.6 is 0 Å². The number of rotatable bonds is 6. The number of nitrogens with zero attached hydrogens (tertiary/aromatic N) is 1. The summed E-state index contributed by atoms with van der Waals surface area (Å²) in [6.45, 7) is 1.08. The number of amides is 2. The zero-order chi connectivity index (χ0) is 18.5. The van der Waals surface area contributed by atoms with Gasteiger partial charge in [0.05, 0.1) is 6.42 Å². The van der Waals surface area contributed by atoms with Crippen LogP contribution in [0.3, 0.4) is 0 Å². The topological polar surface area (TPSA) is 86.7 Å². The molecule has 0 saturated carbocycles. The second-order valence-electron chi connectivity index (χ2n) is 6.27. The van der Waals surface area contributed by atoms with Crippen LogP contribution in [0.4, 0.5) is 5.69 Å². The summed E-state index contributed by atoms with van der Waals surface area (Å²) >= 11 is 0. The smallest absolute Gasteiger partial charge is 0.307 e. The van der Waals surface area contributed by atoms with E-state index in [1.165, 1.54) is 0 Å². The largest absolute Gasteiger partial charge is 0.481 e. The first-order valence-corrected chi connectivity index (χ1v) is 8.51. The Balaban J connectivity index is 1.56. The van der Waals surface area contributed by atoms with Crippen LogP contribution in [-0.2, 0) is 22.6 Å². The van der Waals surface area contributed by atoms with Crippen molar-refractivity contribution in [2.45, 2.75) is 25.8 Å². The highest BCUT2D eigenvalue weighted by Gasteiger charge is 2.21. The molecule has 6 nitrogen and oxygen atoms in total. The molecule has 2 amide bonds. The number of anilines is 1. The Morgan fingerprint density at radius 3 is 2.23 bits per heavy atom. The molecule has 2 aromatic rings. The second-order valence-corrected chi connectivity index (χ2v) is 6.27. The minimum atomic E-state index is -0.870. The summed E-state index contributed by atoms with van der Waals surface area (Å²) in [4.78, 5) is 36.4. The summed E-state index contributed by atoms with van der Waals surface area (Å²) in [5.74, 6) is -0.947. The van der Waals surface area contributed by atoms with Crippen LogP contribution in [0.25, 0.3) is 0 Å². The molecule has 1 aliphatic rings. The summed E-state index contributed by atoms with van der Waals surface area (Å²) in [7, 11) is 0. The van der Waals surface area contributed by atoms with Crippen molar-refractivity contribution in [3.8, 4) is 0 Å². The monoisotopic (exact) mass is 352 g/mol. The van der Waals surface area contributed by atoms with Gasteiger partial charge in [0.15, 0.2) is 0 Å². The number of hydrogen-bond donors (Lipinski definition) is 2. The number of carboxylic acids is 1. The van der Waals surface area contributed by atoms with Gasteiger partial charge in [-0.15, -0.1) is 0 Å². The zero-order valence-corrected chi connectivity index (χ0v) is 14.3. The predicted molar refractivity (Wildman–Crippen MR) is 97.0 cm³/mol. The van der Waals surface area contributed by atoms with Crippen LogP contribution in [0.2, 0.25) is 0 Å². The third-order valence-electron chi connectivity index (χ3n) is 4.35. The van der Waals surface area contributed by atoms with Crippen molar-refractivity contribution in [3.63, 3.8) is 0 Å². The average molecular weight is 352 g/mol. The number of aliphatic carboxylic acids is 1. The van der Waals surface area contributed by atoms with Gasteiger partial charge in [0.2, 0.25) is 5.91 Å². The highest BCUT2D eigenvalue weighted by atomic mass is 16.4. The van der Waals surface area contributed by atoms with E-state index in [0.717, 1.165) is 29.8 Å². The first kappa shape index (κ1) is 17.7. The summed E-state index contributed by atoms with van der Waals surface area (Å²) in [5, 5.41) is 11.6. The van der Waals surface area contributed by atoms with E-state index in [9.17, 15) is 14.4 Å². The van der Waals surface area contributed by atoms with Crippen molar-refractivity contribution in [3.05, 3.63) is 65.2 Å². The van der Waals surface area contributed by atoms with Gasteiger partial charge in [0, 0.05) is 30.8 Å². The first-order valence-electron chi connectivity index (χ1n) is 8.51. The van der Waals surface area contributed by atoms with E-state index in [1.807, 2.05) is 0 Å². The van der Waals surface area contributed by atoms with Crippen molar-refractivity contribution < 1.29 is 19.5 Å². The lowest BCUT2D eigenvalue weighted by Crippen LogP contribution is -2.25. The Morgan fingerprint density at radius 1 is 1.00 bits per heavy atom. The van der Waals surface area contributed by atoms with Gasteiger partial charge in [-0.3, -0.25) is 14.4 Å². The van der Waals surface area contributed by atoms with Crippen LogP contribution in [0.1, 0.15) is 34.3 Å². The average Bonchev–Trinajstić information content (AvgIpc) is 3.06. The third kappa shape index (κ3) is 4.27. The van der Waals surface area contributed by atoms with Crippen molar-refractivity contribution in [1.29, 1.82) is 0 Å². The summed E-state index contributed by atoms with van der Waals surface area (Å²) in [6.07, 6.45) is 1.43. The lowest BCUT2D eigenvalue weighted by Gasteiger charge is -2.15. The Hall–Kier alpha value is -3.15. The number of carbonyl (C=O) groups excluding carboxylic acids is 2. The quantitative estimate of drug-likeness (QED) is 0.836. The summed E-state index contributed by atoms with van der Waals surface area (Å²) in [5.41, 5.74) is 2.97. The van der Waals surface area contributed by atoms with E-state index in [0.29, 0.717) is 18.5 Å². The molecule has 0 atom stereocenters. The standard InChI is InChI=1S/C20H20N2O4/c23-18-2-1-11-22(18)17-9-7-16(8-10-17)20(26)21-13-15-5-3-14(4-6-15)12-19(24)25/h3-10H,1-2,11-13H2,(H,21,26)(H,24,25). The molecule has 0 radical (unpaired) electrons. The van der Waals surface area contributed by atoms with Crippen molar-refractivity contribution in [2.24, 2.45) is 0 Å². The molecule has 1 aliphatic heterocycles. The van der Waals surface area contributed by atoms with E-state index >= 15 is 0 Å². The zero-order valence-electron chi connectivity index (χ0n) is 14.3. The summed E-state index contributed by atoms with van der Waals surface area (Å²) < 4.78 is 0. The Morgan fingerprint density at radius 2 is 1.65 bits per heavy atom. The van der Waals surface area contributed by atoms with E-state index in [2.05, 4.69) is 5.32 Å². The molecule has 1 heterocycles. The molecular formula is C20H20N2O4. The fourth-order valence-corrected chi connectivity index (χ4v) is 2.95. The van der Waals surface area contributed by atoms with Crippen LogP contribution in [0.15, 0.2) is 48.5 Å². The van der Waals surface area contributed by atoms with E-state index in [-0.39, 0.29) is 18.2 Å². The summed E-state index contributed by atoms with van der Waals surface area (Å²) in [6, 6.07) is 14.1. The van der Waals surface area contributed by atoms with Gasteiger partial charge in [-0.1, -0.05) is 24.3 Å². The Labute approximate surface area is 151 Å². The molecule has 1 fully saturated rings. The molecule has 0 aromatic heterocycles. The van der Waals surface area contributed by atoms with Crippen molar-refractivity contribution in [2.75, 3.05) is 11.4 Å². The molecule has 0 unspecified atom stereocenters. The maximum Gasteiger partial charge on any atom is 0.307 e. The predicted octanol–water partition coefficient (Wildman–Crippen LogP) is 2.37. The van der Waals surface area contributed by atoms with E-state index in [4.69, 9.17) is 5.11 Å². The highest BCUT2D eigenvalue weighted by Crippen LogP contribution is 2.21. The second kappa shape index (κ2) is 7.82. The molecule has 2 aromatic carbocycles. The highest BCUT2D eigenvalue weighted by molar-refractivity contribution is 5.97. The number of carboxylic acid groups (broad SMARTS) is 1. The number of benzene rings is 2. The van der Waals surface area contributed by atoms with Crippen LogP contribution in [0.5, 0.6) is 0 Å². The molecule has 0 bridgehead atoms. The number of nitrogens with one attached hydrogen (secondary N) is 1. The number of carbonyl (C=O) groups is 3. The van der Waals surface area contributed by atoms with E-state index in [1.54, 1.807) is 53.4 Å². The van der Waals surface area contributed by atoms with Gasteiger partial charge in [0.1, 0.15) is 0 Å².